The number of benzene rings is 1. The molecule has 0 N–H and O–H groups in total. The maximum atomic E-state index is 13.4. The highest BCUT2D eigenvalue weighted by Crippen LogP contribution is 2.46. The van der Waals surface area contributed by atoms with Crippen molar-refractivity contribution in [2.75, 3.05) is 45.2 Å². The van der Waals surface area contributed by atoms with Crippen molar-refractivity contribution in [2.45, 2.75) is 19.0 Å². The summed E-state index contributed by atoms with van der Waals surface area (Å²) in [5.74, 6) is -0.699. The summed E-state index contributed by atoms with van der Waals surface area (Å²) in [7, 11) is 5.14. The molecule has 0 bridgehead atoms. The first-order valence-corrected chi connectivity index (χ1v) is 11.3. The van der Waals surface area contributed by atoms with Crippen LogP contribution in [-0.4, -0.2) is 71.4 Å². The first-order chi connectivity index (χ1) is 16.4. The average molecular weight is 489 g/mol. The molecule has 1 spiro atoms. The second-order valence-electron chi connectivity index (χ2n) is 9.58. The van der Waals surface area contributed by atoms with Gasteiger partial charge in [0.15, 0.2) is 0 Å². The Morgan fingerprint density at radius 3 is 2.46 bits per heavy atom. The van der Waals surface area contributed by atoms with Gasteiger partial charge >= 0.3 is 6.18 Å². The molecule has 1 unspecified atom stereocenters. The Balaban J connectivity index is 1.57. The monoisotopic (exact) mass is 488 g/mol. The summed E-state index contributed by atoms with van der Waals surface area (Å²) < 4.78 is 42.0. The van der Waals surface area contributed by atoms with Gasteiger partial charge < -0.3 is 19.3 Å². The number of likely N-dealkylation sites (tertiary alicyclic amines) is 1. The molecular formula is C24H27F3N6O2. The largest absolute Gasteiger partial charge is 0.417 e. The first-order valence-electron chi connectivity index (χ1n) is 11.3. The molecule has 2 amide bonds. The van der Waals surface area contributed by atoms with Crippen LogP contribution < -0.4 is 4.90 Å². The summed E-state index contributed by atoms with van der Waals surface area (Å²) in [4.78, 5) is 35.4. The van der Waals surface area contributed by atoms with E-state index in [4.69, 9.17) is 5.26 Å². The Labute approximate surface area is 201 Å². The number of halogens is 3. The van der Waals surface area contributed by atoms with Crippen molar-refractivity contribution in [3.05, 3.63) is 47.5 Å². The van der Waals surface area contributed by atoms with Gasteiger partial charge in [0.1, 0.15) is 5.69 Å². The van der Waals surface area contributed by atoms with Crippen molar-refractivity contribution in [2.24, 2.45) is 18.4 Å². The standard InChI is InChI=1S/C24H27F3N6O2/c1-30(2)21(34)19-12-33(22(35)20-13-31(3)15-29-20)14-23(19)6-8-32(9-7-23)17-5-4-16(11-28)18(10-17)24(25,26)27/h4-5,10,13,15,19H,6-9,12,14H2,1-3H3. The number of amides is 2. The van der Waals surface area contributed by atoms with Gasteiger partial charge in [0.2, 0.25) is 5.91 Å². The highest BCUT2D eigenvalue weighted by molar-refractivity contribution is 5.93. The molecule has 1 aromatic carbocycles. The lowest BCUT2D eigenvalue weighted by Gasteiger charge is -2.43. The van der Waals surface area contributed by atoms with E-state index >= 15 is 0 Å². The van der Waals surface area contributed by atoms with Crippen LogP contribution >= 0.6 is 0 Å². The van der Waals surface area contributed by atoms with E-state index < -0.39 is 28.6 Å². The molecule has 0 radical (unpaired) electrons. The van der Waals surface area contributed by atoms with Gasteiger partial charge in [-0.2, -0.15) is 18.4 Å². The van der Waals surface area contributed by atoms with Gasteiger partial charge in [-0.3, -0.25) is 9.59 Å². The number of carbonyl (C=O) groups excluding carboxylic acids is 2. The van der Waals surface area contributed by atoms with Crippen molar-refractivity contribution >= 4 is 17.5 Å². The average Bonchev–Trinajstić information content (AvgIpc) is 3.41. The van der Waals surface area contributed by atoms with Gasteiger partial charge in [-0.05, 0) is 31.0 Å². The summed E-state index contributed by atoms with van der Waals surface area (Å²) in [6.07, 6.45) is -0.344. The topological polar surface area (TPSA) is 85.5 Å². The van der Waals surface area contributed by atoms with E-state index in [1.165, 1.54) is 17.0 Å². The third-order valence-electron chi connectivity index (χ3n) is 7.15. The van der Waals surface area contributed by atoms with Gasteiger partial charge in [0.05, 0.1) is 29.4 Å². The van der Waals surface area contributed by atoms with E-state index in [1.807, 2.05) is 4.90 Å². The normalized spacial score (nSPS) is 19.6. The molecule has 0 aliphatic carbocycles. The Morgan fingerprint density at radius 2 is 1.91 bits per heavy atom. The summed E-state index contributed by atoms with van der Waals surface area (Å²) in [6, 6.07) is 5.35. The number of nitriles is 1. The number of aryl methyl sites for hydroxylation is 1. The van der Waals surface area contributed by atoms with Crippen LogP contribution in [0.15, 0.2) is 30.7 Å². The predicted octanol–water partition coefficient (Wildman–Crippen LogP) is 2.76. The van der Waals surface area contributed by atoms with Crippen molar-refractivity contribution in [1.29, 1.82) is 5.26 Å². The molecule has 1 atom stereocenters. The minimum atomic E-state index is -4.63. The third kappa shape index (κ3) is 4.57. The maximum Gasteiger partial charge on any atom is 0.417 e. The van der Waals surface area contributed by atoms with Crippen molar-refractivity contribution < 1.29 is 22.8 Å². The second kappa shape index (κ2) is 8.91. The minimum Gasteiger partial charge on any atom is -0.371 e. The van der Waals surface area contributed by atoms with Crippen LogP contribution in [0.1, 0.15) is 34.5 Å². The van der Waals surface area contributed by atoms with E-state index in [-0.39, 0.29) is 18.4 Å². The number of aromatic nitrogens is 2. The molecule has 4 rings (SSSR count). The van der Waals surface area contributed by atoms with Crippen LogP contribution in [0.25, 0.3) is 0 Å². The smallest absolute Gasteiger partial charge is 0.371 e. The molecule has 2 aromatic rings. The van der Waals surface area contributed by atoms with Crippen molar-refractivity contribution in [3.8, 4) is 6.07 Å². The van der Waals surface area contributed by atoms with Crippen molar-refractivity contribution in [3.63, 3.8) is 0 Å². The Hall–Kier alpha value is -3.55. The third-order valence-corrected chi connectivity index (χ3v) is 7.15. The molecule has 186 valence electrons. The van der Waals surface area contributed by atoms with E-state index in [9.17, 15) is 22.8 Å². The van der Waals surface area contributed by atoms with Crippen LogP contribution in [0, 0.1) is 22.7 Å². The lowest BCUT2D eigenvalue weighted by atomic mass is 9.70. The van der Waals surface area contributed by atoms with Gasteiger partial charge in [0, 0.05) is 64.6 Å². The summed E-state index contributed by atoms with van der Waals surface area (Å²) in [6.45, 7) is 1.54. The SMILES string of the molecule is CN(C)C(=O)C1CN(C(=O)c2cn(C)cn2)CC12CCN(c1ccc(C#N)c(C(F)(F)F)c1)CC2. The Morgan fingerprint density at radius 1 is 1.23 bits per heavy atom. The molecule has 35 heavy (non-hydrogen) atoms. The molecule has 8 nitrogen and oxygen atoms in total. The van der Waals surface area contributed by atoms with Gasteiger partial charge in [-0.25, -0.2) is 4.98 Å². The zero-order chi connectivity index (χ0) is 25.5. The molecule has 3 heterocycles. The number of carbonyl (C=O) groups is 2. The quantitative estimate of drug-likeness (QED) is 0.663. The molecule has 2 aliphatic rings. The van der Waals surface area contributed by atoms with E-state index in [0.717, 1.165) is 6.07 Å². The number of anilines is 1. The minimum absolute atomic E-state index is 0.0625. The Bertz CT molecular complexity index is 1170. The molecule has 2 aliphatic heterocycles. The van der Waals surface area contributed by atoms with Gasteiger partial charge in [-0.15, -0.1) is 0 Å². The first kappa shape index (κ1) is 24.6. The van der Waals surface area contributed by atoms with Crippen LogP contribution in [0.5, 0.6) is 0 Å². The number of rotatable bonds is 3. The zero-order valence-electron chi connectivity index (χ0n) is 19.8. The molecular weight excluding hydrogens is 461 g/mol. The van der Waals surface area contributed by atoms with Gasteiger partial charge in [-0.1, -0.05) is 0 Å². The lowest BCUT2D eigenvalue weighted by Crippen LogP contribution is -2.48. The summed E-state index contributed by atoms with van der Waals surface area (Å²) in [5, 5.41) is 9.06. The predicted molar refractivity (Wildman–Crippen MR) is 121 cm³/mol. The highest BCUT2D eigenvalue weighted by Gasteiger charge is 2.53. The molecule has 1 aromatic heterocycles. The fraction of sp³-hybridized carbons (Fsp3) is 0.500. The summed E-state index contributed by atoms with van der Waals surface area (Å²) in [5.41, 5.74) is -1.13. The van der Waals surface area contributed by atoms with E-state index in [1.54, 1.807) is 49.2 Å². The maximum absolute atomic E-state index is 13.4. The number of nitrogens with zero attached hydrogens (tertiary/aromatic N) is 6. The lowest BCUT2D eigenvalue weighted by molar-refractivity contribution is -0.138. The van der Waals surface area contributed by atoms with E-state index in [2.05, 4.69) is 4.98 Å². The summed E-state index contributed by atoms with van der Waals surface area (Å²) >= 11 is 0. The van der Waals surface area contributed by atoms with Crippen LogP contribution in [0.3, 0.4) is 0 Å². The highest BCUT2D eigenvalue weighted by atomic mass is 19.4. The molecule has 2 fully saturated rings. The molecule has 2 saturated heterocycles. The second-order valence-corrected chi connectivity index (χ2v) is 9.58. The number of piperidine rings is 1. The molecule has 0 saturated carbocycles. The zero-order valence-corrected chi connectivity index (χ0v) is 19.8. The van der Waals surface area contributed by atoms with Crippen molar-refractivity contribution in [1.82, 2.24) is 19.4 Å². The number of alkyl halides is 3. The number of imidazole rings is 1. The fourth-order valence-electron chi connectivity index (χ4n) is 5.24. The van der Waals surface area contributed by atoms with Gasteiger partial charge in [0.25, 0.3) is 5.91 Å². The molecule has 11 heteroatoms. The number of hydrogen-bond donors (Lipinski definition) is 0. The fourth-order valence-corrected chi connectivity index (χ4v) is 5.24. The van der Waals surface area contributed by atoms with Crippen LogP contribution in [0.2, 0.25) is 0 Å². The Kier molecular flexibility index (Phi) is 6.25. The van der Waals surface area contributed by atoms with Crippen LogP contribution in [0.4, 0.5) is 18.9 Å². The van der Waals surface area contributed by atoms with Crippen LogP contribution in [-0.2, 0) is 18.0 Å². The van der Waals surface area contributed by atoms with E-state index in [0.29, 0.717) is 43.9 Å². The number of hydrogen-bond acceptors (Lipinski definition) is 5.